The molecule has 1 aliphatic rings. The first-order valence-electron chi connectivity index (χ1n) is 5.91. The van der Waals surface area contributed by atoms with Crippen molar-refractivity contribution in [3.8, 4) is 5.75 Å². The van der Waals surface area contributed by atoms with Crippen molar-refractivity contribution in [1.82, 2.24) is 0 Å². The van der Waals surface area contributed by atoms with Crippen LogP contribution in [-0.2, 0) is 11.2 Å². The van der Waals surface area contributed by atoms with Crippen molar-refractivity contribution in [2.75, 3.05) is 25.1 Å². The van der Waals surface area contributed by atoms with E-state index in [4.69, 9.17) is 22.1 Å². The Morgan fingerprint density at radius 3 is 2.89 bits per heavy atom. The minimum absolute atomic E-state index is 0.00985. The summed E-state index contributed by atoms with van der Waals surface area (Å²) in [7, 11) is 1.58. The van der Waals surface area contributed by atoms with Crippen molar-refractivity contribution >= 4 is 23.2 Å². The number of hydrogen-bond donors (Lipinski definition) is 1. The summed E-state index contributed by atoms with van der Waals surface area (Å²) in [5, 5.41) is 0.522. The Kier molecular flexibility index (Phi) is 3.78. The van der Waals surface area contributed by atoms with Gasteiger partial charge in [-0.25, -0.2) is 0 Å². The summed E-state index contributed by atoms with van der Waals surface area (Å²) in [4.78, 5) is 13.4. The van der Waals surface area contributed by atoms with Crippen molar-refractivity contribution in [2.24, 2.45) is 11.7 Å². The molecule has 0 spiro atoms. The number of carbonyl (C=O) groups excluding carboxylic acids is 1. The Bertz CT molecular complexity index is 476. The number of rotatable bonds is 2. The lowest BCUT2D eigenvalue weighted by Gasteiger charge is -2.34. The number of hydrogen-bond acceptors (Lipinski definition) is 3. The molecule has 1 aliphatic heterocycles. The van der Waals surface area contributed by atoms with E-state index in [1.165, 1.54) is 0 Å². The first-order valence-corrected chi connectivity index (χ1v) is 6.29. The average molecular weight is 269 g/mol. The van der Waals surface area contributed by atoms with Gasteiger partial charge in [0, 0.05) is 19.2 Å². The fraction of sp³-hybridized carbons (Fsp3) is 0.462. The number of nitrogens with zero attached hydrogens (tertiary/aromatic N) is 1. The van der Waals surface area contributed by atoms with Crippen LogP contribution < -0.4 is 15.4 Å². The summed E-state index contributed by atoms with van der Waals surface area (Å²) >= 11 is 6.11. The normalized spacial score (nSPS) is 18.4. The highest BCUT2D eigenvalue weighted by atomic mass is 35.5. The van der Waals surface area contributed by atoms with Gasteiger partial charge in [-0.3, -0.25) is 4.79 Å². The number of carbonyl (C=O) groups is 1. The molecule has 4 nitrogen and oxygen atoms in total. The highest BCUT2D eigenvalue weighted by molar-refractivity contribution is 6.32. The van der Waals surface area contributed by atoms with Gasteiger partial charge < -0.3 is 15.4 Å². The van der Waals surface area contributed by atoms with E-state index in [0.717, 1.165) is 17.7 Å². The number of amides is 1. The van der Waals surface area contributed by atoms with Crippen LogP contribution in [-0.4, -0.2) is 26.1 Å². The zero-order valence-corrected chi connectivity index (χ0v) is 11.3. The van der Waals surface area contributed by atoms with Gasteiger partial charge >= 0.3 is 0 Å². The first kappa shape index (κ1) is 13.2. The number of halogens is 1. The van der Waals surface area contributed by atoms with Crippen LogP contribution in [0.1, 0.15) is 12.5 Å². The lowest BCUT2D eigenvalue weighted by molar-refractivity contribution is -0.116. The predicted molar refractivity (Wildman–Crippen MR) is 72.3 cm³/mol. The van der Waals surface area contributed by atoms with E-state index in [1.807, 2.05) is 6.07 Å². The number of nitrogens with two attached hydrogens (primary N) is 1. The van der Waals surface area contributed by atoms with Crippen LogP contribution in [0.5, 0.6) is 5.75 Å². The summed E-state index contributed by atoms with van der Waals surface area (Å²) < 4.78 is 5.21. The van der Waals surface area contributed by atoms with Gasteiger partial charge in [0.1, 0.15) is 5.75 Å². The summed E-state index contributed by atoms with van der Waals surface area (Å²) in [6, 6.07) is 3.69. The third-order valence-electron chi connectivity index (χ3n) is 3.31. The van der Waals surface area contributed by atoms with E-state index in [-0.39, 0.29) is 11.8 Å². The highest BCUT2D eigenvalue weighted by Gasteiger charge is 2.27. The molecule has 5 heteroatoms. The van der Waals surface area contributed by atoms with E-state index in [1.54, 1.807) is 25.0 Å². The molecular weight excluding hydrogens is 252 g/mol. The molecule has 0 saturated heterocycles. The van der Waals surface area contributed by atoms with Gasteiger partial charge in [0.05, 0.1) is 12.1 Å². The van der Waals surface area contributed by atoms with Gasteiger partial charge in [-0.1, -0.05) is 11.6 Å². The van der Waals surface area contributed by atoms with Crippen LogP contribution in [0, 0.1) is 5.92 Å². The largest absolute Gasteiger partial charge is 0.495 e. The van der Waals surface area contributed by atoms with Crippen LogP contribution in [0.15, 0.2) is 12.1 Å². The second-order valence-electron chi connectivity index (χ2n) is 4.55. The zero-order valence-electron chi connectivity index (χ0n) is 10.6. The van der Waals surface area contributed by atoms with E-state index in [2.05, 4.69) is 0 Å². The molecule has 0 saturated carbocycles. The van der Waals surface area contributed by atoms with Crippen molar-refractivity contribution in [3.63, 3.8) is 0 Å². The zero-order chi connectivity index (χ0) is 13.3. The van der Waals surface area contributed by atoms with Gasteiger partial charge in [-0.05, 0) is 36.6 Å². The molecule has 18 heavy (non-hydrogen) atoms. The molecule has 0 aliphatic carbocycles. The van der Waals surface area contributed by atoms with Crippen LogP contribution in [0.2, 0.25) is 5.02 Å². The van der Waals surface area contributed by atoms with Gasteiger partial charge in [-0.2, -0.15) is 0 Å². The third-order valence-corrected chi connectivity index (χ3v) is 3.60. The Morgan fingerprint density at radius 2 is 2.33 bits per heavy atom. The number of anilines is 1. The molecule has 2 rings (SSSR count). The van der Waals surface area contributed by atoms with Crippen molar-refractivity contribution in [2.45, 2.75) is 13.3 Å². The van der Waals surface area contributed by atoms with Crippen molar-refractivity contribution in [3.05, 3.63) is 22.7 Å². The molecule has 0 radical (unpaired) electrons. The fourth-order valence-corrected chi connectivity index (χ4v) is 2.58. The molecule has 2 N–H and O–H groups in total. The average Bonchev–Trinajstić information content (AvgIpc) is 2.36. The Hall–Kier alpha value is -1.26. The Balaban J connectivity index is 2.48. The molecule has 0 fully saturated rings. The second kappa shape index (κ2) is 5.16. The van der Waals surface area contributed by atoms with Gasteiger partial charge in [-0.15, -0.1) is 0 Å². The quantitative estimate of drug-likeness (QED) is 0.890. The number of methoxy groups -OCH3 is 1. The molecule has 0 bridgehead atoms. The Labute approximate surface area is 112 Å². The Morgan fingerprint density at radius 1 is 1.61 bits per heavy atom. The van der Waals surface area contributed by atoms with E-state index in [0.29, 0.717) is 23.9 Å². The molecule has 98 valence electrons. The summed E-state index contributed by atoms with van der Waals surface area (Å²) in [6.45, 7) is 2.77. The van der Waals surface area contributed by atoms with E-state index < -0.39 is 0 Å². The first-order chi connectivity index (χ1) is 8.56. The molecule has 0 aromatic heterocycles. The maximum atomic E-state index is 11.7. The number of benzene rings is 1. The molecule has 1 unspecified atom stereocenters. The summed E-state index contributed by atoms with van der Waals surface area (Å²) in [6.07, 6.45) is 0.850. The van der Waals surface area contributed by atoms with Crippen molar-refractivity contribution in [1.29, 1.82) is 0 Å². The minimum Gasteiger partial charge on any atom is -0.495 e. The summed E-state index contributed by atoms with van der Waals surface area (Å²) in [5.41, 5.74) is 7.66. The van der Waals surface area contributed by atoms with E-state index >= 15 is 0 Å². The van der Waals surface area contributed by atoms with Crippen molar-refractivity contribution < 1.29 is 9.53 Å². The maximum absolute atomic E-state index is 11.7. The minimum atomic E-state index is 0.00985. The second-order valence-corrected chi connectivity index (χ2v) is 4.96. The van der Waals surface area contributed by atoms with Gasteiger partial charge in [0.15, 0.2) is 0 Å². The smallest absolute Gasteiger partial charge is 0.223 e. The van der Waals surface area contributed by atoms with Crippen LogP contribution in [0.25, 0.3) is 0 Å². The number of fused-ring (bicyclic) bond motifs is 1. The van der Waals surface area contributed by atoms with Crippen LogP contribution in [0.4, 0.5) is 5.69 Å². The fourth-order valence-electron chi connectivity index (χ4n) is 2.34. The lowest BCUT2D eigenvalue weighted by Crippen LogP contribution is -2.41. The topological polar surface area (TPSA) is 55.6 Å². The summed E-state index contributed by atoms with van der Waals surface area (Å²) in [5.74, 6) is 0.930. The molecule has 1 heterocycles. The van der Waals surface area contributed by atoms with Gasteiger partial charge in [0.2, 0.25) is 5.91 Å². The standard InChI is InChI=1S/C13H17ClN2O2/c1-8(17)16-7-9(6-15)3-10-4-13(18-2)11(14)5-12(10)16/h4-5,9H,3,6-7,15H2,1-2H3. The molecular formula is C13H17ClN2O2. The third kappa shape index (κ3) is 2.31. The predicted octanol–water partition coefficient (Wildman–Crippen LogP) is 1.83. The van der Waals surface area contributed by atoms with Crippen LogP contribution >= 0.6 is 11.6 Å². The maximum Gasteiger partial charge on any atom is 0.223 e. The molecule has 1 amide bonds. The van der Waals surface area contributed by atoms with E-state index in [9.17, 15) is 4.79 Å². The molecule has 1 aromatic carbocycles. The highest BCUT2D eigenvalue weighted by Crippen LogP contribution is 2.37. The SMILES string of the molecule is COc1cc2c(cc1Cl)N(C(C)=O)CC(CN)C2. The van der Waals surface area contributed by atoms with Crippen LogP contribution in [0.3, 0.4) is 0 Å². The van der Waals surface area contributed by atoms with Gasteiger partial charge in [0.25, 0.3) is 0 Å². The monoisotopic (exact) mass is 268 g/mol. The lowest BCUT2D eigenvalue weighted by atomic mass is 9.92. The number of ether oxygens (including phenoxy) is 1. The molecule has 1 atom stereocenters. The molecule has 1 aromatic rings.